The van der Waals surface area contributed by atoms with E-state index in [1.54, 1.807) is 0 Å². The zero-order chi connectivity index (χ0) is 11.3. The quantitative estimate of drug-likeness (QED) is 0.778. The van der Waals surface area contributed by atoms with Gasteiger partial charge in [-0.2, -0.15) is 11.8 Å². The van der Waals surface area contributed by atoms with Crippen LogP contribution in [-0.2, 0) is 0 Å². The third-order valence-electron chi connectivity index (χ3n) is 3.08. The minimum Gasteiger partial charge on any atom is -0.312 e. The summed E-state index contributed by atoms with van der Waals surface area (Å²) >= 11 is 2.10. The maximum atomic E-state index is 3.68. The van der Waals surface area contributed by atoms with Gasteiger partial charge in [0.1, 0.15) is 0 Å². The fourth-order valence-electron chi connectivity index (χ4n) is 2.01. The van der Waals surface area contributed by atoms with Gasteiger partial charge in [0.25, 0.3) is 0 Å². The maximum Gasteiger partial charge on any atom is 0.0164 e. The van der Waals surface area contributed by atoms with Crippen molar-refractivity contribution in [3.63, 3.8) is 0 Å². The second kappa shape index (κ2) is 6.12. The molecule has 1 saturated heterocycles. The van der Waals surface area contributed by atoms with Crippen molar-refractivity contribution in [1.82, 2.24) is 10.2 Å². The molecule has 1 aliphatic rings. The van der Waals surface area contributed by atoms with Crippen LogP contribution >= 0.6 is 11.8 Å². The van der Waals surface area contributed by atoms with Gasteiger partial charge in [-0.1, -0.05) is 20.8 Å². The minimum atomic E-state index is 0.525. The first-order valence-electron chi connectivity index (χ1n) is 6.03. The van der Waals surface area contributed by atoms with Gasteiger partial charge in [0.15, 0.2) is 0 Å². The fourth-order valence-corrected chi connectivity index (χ4v) is 3.32. The van der Waals surface area contributed by atoms with Gasteiger partial charge in [-0.3, -0.25) is 0 Å². The summed E-state index contributed by atoms with van der Waals surface area (Å²) in [6.07, 6.45) is 1.33. The number of nitrogens with zero attached hydrogens (tertiary/aromatic N) is 1. The Hall–Kier alpha value is 0.270. The lowest BCUT2D eigenvalue weighted by Gasteiger charge is -2.35. The van der Waals surface area contributed by atoms with E-state index in [9.17, 15) is 0 Å². The Labute approximate surface area is 99.2 Å². The van der Waals surface area contributed by atoms with Crippen LogP contribution in [0.5, 0.6) is 0 Å². The molecule has 1 rings (SSSR count). The Morgan fingerprint density at radius 1 is 1.47 bits per heavy atom. The van der Waals surface area contributed by atoms with Gasteiger partial charge in [0.2, 0.25) is 0 Å². The van der Waals surface area contributed by atoms with Gasteiger partial charge in [-0.15, -0.1) is 0 Å². The summed E-state index contributed by atoms with van der Waals surface area (Å²) in [6.45, 7) is 10.4. The number of nitrogens with one attached hydrogen (secondary N) is 1. The second-order valence-electron chi connectivity index (χ2n) is 5.43. The molecular formula is C12H26N2S. The molecule has 0 aromatic carbocycles. The molecule has 1 atom stereocenters. The molecule has 2 nitrogen and oxygen atoms in total. The molecule has 1 N–H and O–H groups in total. The molecule has 1 fully saturated rings. The lowest BCUT2D eigenvalue weighted by atomic mass is 9.88. The zero-order valence-electron chi connectivity index (χ0n) is 10.7. The summed E-state index contributed by atoms with van der Waals surface area (Å²) in [6, 6.07) is 0.726. The summed E-state index contributed by atoms with van der Waals surface area (Å²) in [5.74, 6) is 2.61. The first-order chi connectivity index (χ1) is 7.03. The van der Waals surface area contributed by atoms with Crippen LogP contribution in [-0.4, -0.2) is 49.1 Å². The smallest absolute Gasteiger partial charge is 0.0164 e. The number of hydrogen-bond donors (Lipinski definition) is 1. The molecule has 1 heterocycles. The van der Waals surface area contributed by atoms with Crippen LogP contribution in [0, 0.1) is 5.41 Å². The molecule has 3 heteroatoms. The standard InChI is InChI=1S/C12H26N2S/c1-5-14(4)7-6-13-11-8-12(2,3)10-15-9-11/h11,13H,5-10H2,1-4H3. The van der Waals surface area contributed by atoms with E-state index < -0.39 is 0 Å². The Kier molecular flexibility index (Phi) is 5.44. The van der Waals surface area contributed by atoms with Crippen LogP contribution < -0.4 is 5.32 Å². The van der Waals surface area contributed by atoms with Crippen LogP contribution in [0.4, 0.5) is 0 Å². The highest BCUT2D eigenvalue weighted by atomic mass is 32.2. The third kappa shape index (κ3) is 5.23. The van der Waals surface area contributed by atoms with E-state index in [0.29, 0.717) is 5.41 Å². The molecule has 0 amide bonds. The Morgan fingerprint density at radius 3 is 2.80 bits per heavy atom. The van der Waals surface area contributed by atoms with Crippen LogP contribution in [0.15, 0.2) is 0 Å². The van der Waals surface area contributed by atoms with Crippen molar-refractivity contribution in [3.05, 3.63) is 0 Å². The summed E-state index contributed by atoms with van der Waals surface area (Å²) in [4.78, 5) is 2.36. The lowest BCUT2D eigenvalue weighted by molar-refractivity contribution is 0.297. The average molecular weight is 230 g/mol. The van der Waals surface area contributed by atoms with E-state index in [2.05, 4.69) is 49.8 Å². The predicted molar refractivity (Wildman–Crippen MR) is 70.7 cm³/mol. The highest BCUT2D eigenvalue weighted by Crippen LogP contribution is 2.33. The molecule has 1 unspecified atom stereocenters. The molecule has 15 heavy (non-hydrogen) atoms. The highest BCUT2D eigenvalue weighted by Gasteiger charge is 2.27. The summed E-state index contributed by atoms with van der Waals surface area (Å²) in [7, 11) is 2.18. The van der Waals surface area contributed by atoms with E-state index in [4.69, 9.17) is 0 Å². The van der Waals surface area contributed by atoms with E-state index in [0.717, 1.165) is 25.7 Å². The van der Waals surface area contributed by atoms with Crippen LogP contribution in [0.1, 0.15) is 27.2 Å². The third-order valence-corrected chi connectivity index (χ3v) is 4.70. The topological polar surface area (TPSA) is 15.3 Å². The van der Waals surface area contributed by atoms with Gasteiger partial charge in [0.05, 0.1) is 0 Å². The first kappa shape index (κ1) is 13.3. The van der Waals surface area contributed by atoms with Crippen LogP contribution in [0.3, 0.4) is 0 Å². The predicted octanol–water partition coefficient (Wildman–Crippen LogP) is 2.06. The Balaban J connectivity index is 2.16. The molecule has 0 spiro atoms. The number of likely N-dealkylation sites (N-methyl/N-ethyl adjacent to an activating group) is 1. The Bertz CT molecular complexity index is 182. The van der Waals surface area contributed by atoms with Gasteiger partial charge in [-0.05, 0) is 31.2 Å². The molecule has 0 aliphatic carbocycles. The van der Waals surface area contributed by atoms with E-state index in [-0.39, 0.29) is 0 Å². The van der Waals surface area contributed by atoms with Gasteiger partial charge in [0, 0.05) is 24.9 Å². The van der Waals surface area contributed by atoms with Crippen molar-refractivity contribution >= 4 is 11.8 Å². The fraction of sp³-hybridized carbons (Fsp3) is 1.00. The van der Waals surface area contributed by atoms with E-state index >= 15 is 0 Å². The molecule has 0 aromatic heterocycles. The largest absolute Gasteiger partial charge is 0.312 e. The monoisotopic (exact) mass is 230 g/mol. The van der Waals surface area contributed by atoms with Crippen molar-refractivity contribution in [2.75, 3.05) is 38.2 Å². The van der Waals surface area contributed by atoms with Crippen molar-refractivity contribution in [3.8, 4) is 0 Å². The van der Waals surface area contributed by atoms with Crippen molar-refractivity contribution in [1.29, 1.82) is 0 Å². The normalized spacial score (nSPS) is 25.8. The minimum absolute atomic E-state index is 0.525. The van der Waals surface area contributed by atoms with E-state index in [1.807, 2.05) is 0 Å². The summed E-state index contributed by atoms with van der Waals surface area (Å²) < 4.78 is 0. The summed E-state index contributed by atoms with van der Waals surface area (Å²) in [5, 5.41) is 3.68. The first-order valence-corrected chi connectivity index (χ1v) is 7.18. The van der Waals surface area contributed by atoms with Gasteiger partial charge >= 0.3 is 0 Å². The molecule has 0 radical (unpaired) electrons. The van der Waals surface area contributed by atoms with Gasteiger partial charge in [-0.25, -0.2) is 0 Å². The number of rotatable bonds is 5. The lowest BCUT2D eigenvalue weighted by Crippen LogP contribution is -2.43. The molecule has 0 aromatic rings. The second-order valence-corrected chi connectivity index (χ2v) is 6.46. The molecule has 0 bridgehead atoms. The van der Waals surface area contributed by atoms with Crippen molar-refractivity contribution in [2.24, 2.45) is 5.41 Å². The maximum absolute atomic E-state index is 3.68. The molecular weight excluding hydrogens is 204 g/mol. The zero-order valence-corrected chi connectivity index (χ0v) is 11.5. The summed E-state index contributed by atoms with van der Waals surface area (Å²) in [5.41, 5.74) is 0.525. The van der Waals surface area contributed by atoms with Crippen molar-refractivity contribution in [2.45, 2.75) is 33.2 Å². The molecule has 0 saturated carbocycles. The van der Waals surface area contributed by atoms with Crippen LogP contribution in [0.25, 0.3) is 0 Å². The SMILES string of the molecule is CCN(C)CCNC1CSCC(C)(C)C1. The number of thioether (sulfide) groups is 1. The molecule has 1 aliphatic heterocycles. The number of hydrogen-bond acceptors (Lipinski definition) is 3. The average Bonchev–Trinajstić information content (AvgIpc) is 2.16. The molecule has 90 valence electrons. The Morgan fingerprint density at radius 2 is 2.20 bits per heavy atom. The van der Waals surface area contributed by atoms with Gasteiger partial charge < -0.3 is 10.2 Å². The van der Waals surface area contributed by atoms with E-state index in [1.165, 1.54) is 17.9 Å². The highest BCUT2D eigenvalue weighted by molar-refractivity contribution is 7.99. The van der Waals surface area contributed by atoms with Crippen LogP contribution in [0.2, 0.25) is 0 Å². The van der Waals surface area contributed by atoms with Crippen molar-refractivity contribution < 1.29 is 0 Å².